The van der Waals surface area contributed by atoms with Gasteiger partial charge in [-0.05, 0) is 12.5 Å². The second-order valence-corrected chi connectivity index (χ2v) is 3.84. The predicted molar refractivity (Wildman–Crippen MR) is 58.9 cm³/mol. The topological polar surface area (TPSA) is 54.9 Å². The van der Waals surface area contributed by atoms with Crippen molar-refractivity contribution in [3.8, 4) is 0 Å². The van der Waals surface area contributed by atoms with Gasteiger partial charge in [-0.2, -0.15) is 10.2 Å². The lowest BCUT2D eigenvalue weighted by Gasteiger charge is -2.09. The first kappa shape index (κ1) is 11.9. The van der Waals surface area contributed by atoms with E-state index in [9.17, 15) is 4.79 Å². The summed E-state index contributed by atoms with van der Waals surface area (Å²) in [5.41, 5.74) is 0.505. The fourth-order valence-corrected chi connectivity index (χ4v) is 1.44. The van der Waals surface area contributed by atoms with E-state index in [-0.39, 0.29) is 11.3 Å². The van der Waals surface area contributed by atoms with Crippen LogP contribution in [0.1, 0.15) is 30.1 Å². The summed E-state index contributed by atoms with van der Waals surface area (Å²) in [6.07, 6.45) is 4.83. The van der Waals surface area contributed by atoms with Gasteiger partial charge in [-0.3, -0.25) is 4.79 Å². The number of rotatable bonds is 5. The van der Waals surface area contributed by atoms with E-state index in [1.54, 1.807) is 6.07 Å². The summed E-state index contributed by atoms with van der Waals surface area (Å²) in [4.78, 5) is 11.5. The Balaban J connectivity index is 2.37. The molecule has 0 spiro atoms. The van der Waals surface area contributed by atoms with Crippen LogP contribution < -0.4 is 5.32 Å². The summed E-state index contributed by atoms with van der Waals surface area (Å²) in [5, 5.41) is 9.96. The van der Waals surface area contributed by atoms with Gasteiger partial charge in [0.1, 0.15) is 0 Å². The lowest BCUT2D eigenvalue weighted by Crippen LogP contribution is -2.29. The van der Waals surface area contributed by atoms with E-state index in [0.29, 0.717) is 12.1 Å². The third-order valence-corrected chi connectivity index (χ3v) is 2.30. The van der Waals surface area contributed by atoms with Crippen molar-refractivity contribution in [2.75, 3.05) is 6.54 Å². The van der Waals surface area contributed by atoms with Crippen LogP contribution in [0.2, 0.25) is 0 Å². The van der Waals surface area contributed by atoms with Gasteiger partial charge in [0.15, 0.2) is 0 Å². The number of carbonyl (C=O) groups is 1. The normalized spacial score (nSPS) is 12.1. The van der Waals surface area contributed by atoms with Crippen LogP contribution in [-0.4, -0.2) is 28.0 Å². The zero-order valence-electron chi connectivity index (χ0n) is 8.61. The van der Waals surface area contributed by atoms with E-state index in [0.717, 1.165) is 12.8 Å². The molecule has 0 radical (unpaired) electrons. The zero-order chi connectivity index (χ0) is 11.1. The number of hydrogen-bond donors (Lipinski definition) is 1. The largest absolute Gasteiger partial charge is 0.351 e. The number of halogens is 1. The highest BCUT2D eigenvalue weighted by Gasteiger charge is 2.08. The van der Waals surface area contributed by atoms with E-state index in [1.165, 1.54) is 12.4 Å². The third kappa shape index (κ3) is 4.25. The molecule has 1 unspecified atom stereocenters. The first-order chi connectivity index (χ1) is 7.24. The Labute approximate surface area is 94.0 Å². The second-order valence-electron chi connectivity index (χ2n) is 3.23. The summed E-state index contributed by atoms with van der Waals surface area (Å²) in [5.74, 6) is -0.161. The summed E-state index contributed by atoms with van der Waals surface area (Å²) < 4.78 is 0. The van der Waals surface area contributed by atoms with Crippen molar-refractivity contribution >= 4 is 17.5 Å². The van der Waals surface area contributed by atoms with Crippen molar-refractivity contribution in [1.29, 1.82) is 0 Å². The number of aromatic nitrogens is 2. The van der Waals surface area contributed by atoms with Crippen LogP contribution in [0.25, 0.3) is 0 Å². The van der Waals surface area contributed by atoms with E-state index in [4.69, 9.17) is 11.6 Å². The van der Waals surface area contributed by atoms with Crippen LogP contribution >= 0.6 is 11.6 Å². The van der Waals surface area contributed by atoms with Crippen molar-refractivity contribution in [1.82, 2.24) is 15.5 Å². The molecule has 82 valence electrons. The average molecular weight is 228 g/mol. The van der Waals surface area contributed by atoms with E-state index in [1.807, 2.05) is 0 Å². The molecule has 15 heavy (non-hydrogen) atoms. The van der Waals surface area contributed by atoms with Crippen LogP contribution in [-0.2, 0) is 0 Å². The highest BCUT2D eigenvalue weighted by atomic mass is 35.5. The fourth-order valence-electron chi connectivity index (χ4n) is 1.15. The van der Waals surface area contributed by atoms with Crippen LogP contribution in [0.15, 0.2) is 18.5 Å². The SMILES string of the molecule is CCCC(Cl)CNC(=O)c1ccnnc1. The maximum absolute atomic E-state index is 11.5. The number of alkyl halides is 1. The minimum Gasteiger partial charge on any atom is -0.351 e. The summed E-state index contributed by atoms with van der Waals surface area (Å²) in [7, 11) is 0. The standard InChI is InChI=1S/C10H14ClN3O/c1-2-3-9(11)7-12-10(15)8-4-5-13-14-6-8/h4-6,9H,2-3,7H2,1H3,(H,12,15). The maximum Gasteiger partial charge on any atom is 0.253 e. The lowest BCUT2D eigenvalue weighted by atomic mass is 10.2. The fraction of sp³-hybridized carbons (Fsp3) is 0.500. The van der Waals surface area contributed by atoms with Gasteiger partial charge in [-0.1, -0.05) is 13.3 Å². The molecule has 0 aromatic carbocycles. The third-order valence-electron chi connectivity index (χ3n) is 1.93. The van der Waals surface area contributed by atoms with Gasteiger partial charge in [-0.25, -0.2) is 0 Å². The number of hydrogen-bond acceptors (Lipinski definition) is 3. The molecule has 0 aliphatic rings. The smallest absolute Gasteiger partial charge is 0.253 e. The molecule has 4 nitrogen and oxygen atoms in total. The monoisotopic (exact) mass is 227 g/mol. The van der Waals surface area contributed by atoms with Crippen molar-refractivity contribution in [3.63, 3.8) is 0 Å². The molecule has 1 aromatic rings. The molecule has 5 heteroatoms. The highest BCUT2D eigenvalue weighted by Crippen LogP contribution is 2.03. The number of carbonyl (C=O) groups excluding carboxylic acids is 1. The Morgan fingerprint density at radius 3 is 3.00 bits per heavy atom. The van der Waals surface area contributed by atoms with Crippen molar-refractivity contribution < 1.29 is 4.79 Å². The molecule has 0 bridgehead atoms. The Hall–Kier alpha value is -1.16. The van der Waals surface area contributed by atoms with Gasteiger partial charge in [0, 0.05) is 6.54 Å². The Morgan fingerprint density at radius 1 is 1.60 bits per heavy atom. The molecule has 0 saturated carbocycles. The second kappa shape index (κ2) is 6.35. The average Bonchev–Trinajstić information content (AvgIpc) is 2.27. The molecule has 0 aliphatic carbocycles. The number of nitrogens with zero attached hydrogens (tertiary/aromatic N) is 2. The van der Waals surface area contributed by atoms with Crippen molar-refractivity contribution in [2.24, 2.45) is 0 Å². The maximum atomic E-state index is 11.5. The molecular formula is C10H14ClN3O. The molecule has 1 amide bonds. The molecule has 1 atom stereocenters. The number of nitrogens with one attached hydrogen (secondary N) is 1. The van der Waals surface area contributed by atoms with Crippen molar-refractivity contribution in [3.05, 3.63) is 24.0 Å². The predicted octanol–water partition coefficient (Wildman–Crippen LogP) is 1.61. The van der Waals surface area contributed by atoms with Crippen molar-refractivity contribution in [2.45, 2.75) is 25.1 Å². The highest BCUT2D eigenvalue weighted by molar-refractivity contribution is 6.20. The van der Waals surface area contributed by atoms with Crippen LogP contribution in [0, 0.1) is 0 Å². The van der Waals surface area contributed by atoms with Gasteiger partial charge in [0.2, 0.25) is 0 Å². The molecule has 0 aliphatic heterocycles. The minimum absolute atomic E-state index is 0.00579. The minimum atomic E-state index is -0.161. The Kier molecular flexibility index (Phi) is 5.04. The van der Waals surface area contributed by atoms with Crippen LogP contribution in [0.3, 0.4) is 0 Å². The van der Waals surface area contributed by atoms with Gasteiger partial charge >= 0.3 is 0 Å². The van der Waals surface area contributed by atoms with E-state index >= 15 is 0 Å². The van der Waals surface area contributed by atoms with Gasteiger partial charge in [0.25, 0.3) is 5.91 Å². The molecule has 1 heterocycles. The van der Waals surface area contributed by atoms with Gasteiger partial charge in [-0.15, -0.1) is 11.6 Å². The van der Waals surface area contributed by atoms with Gasteiger partial charge in [0.05, 0.1) is 23.3 Å². The quantitative estimate of drug-likeness (QED) is 0.778. The molecular weight excluding hydrogens is 214 g/mol. The first-order valence-electron chi connectivity index (χ1n) is 4.93. The Bertz CT molecular complexity index is 305. The molecule has 0 fully saturated rings. The summed E-state index contributed by atoms with van der Waals surface area (Å²) in [6, 6.07) is 1.62. The first-order valence-corrected chi connectivity index (χ1v) is 5.36. The number of amides is 1. The molecule has 1 aromatic heterocycles. The lowest BCUT2D eigenvalue weighted by molar-refractivity contribution is 0.0952. The van der Waals surface area contributed by atoms with Gasteiger partial charge < -0.3 is 5.32 Å². The van der Waals surface area contributed by atoms with Crippen LogP contribution in [0.5, 0.6) is 0 Å². The summed E-state index contributed by atoms with van der Waals surface area (Å²) >= 11 is 5.97. The Morgan fingerprint density at radius 2 is 2.40 bits per heavy atom. The van der Waals surface area contributed by atoms with E-state index < -0.39 is 0 Å². The molecule has 1 N–H and O–H groups in total. The van der Waals surface area contributed by atoms with E-state index in [2.05, 4.69) is 22.4 Å². The van der Waals surface area contributed by atoms with Crippen LogP contribution in [0.4, 0.5) is 0 Å². The molecule has 1 rings (SSSR count). The summed E-state index contributed by atoms with van der Waals surface area (Å²) in [6.45, 7) is 2.54. The molecule has 0 saturated heterocycles. The zero-order valence-corrected chi connectivity index (χ0v) is 9.37.